The summed E-state index contributed by atoms with van der Waals surface area (Å²) in [5, 5.41) is 8.14. The molecule has 0 unspecified atom stereocenters. The maximum Gasteiger partial charge on any atom is 0.280 e. The van der Waals surface area contributed by atoms with Gasteiger partial charge in [0.15, 0.2) is 0 Å². The molecule has 10 heteroatoms. The molecule has 0 saturated heterocycles. The molecular weight excluding hydrogens is 561 g/mol. The van der Waals surface area contributed by atoms with E-state index in [2.05, 4.69) is 10.1 Å². The molecule has 0 atom stereocenters. The fourth-order valence-corrected chi connectivity index (χ4v) is 7.34. The number of sulfonamides is 1. The molecule has 2 heterocycles. The number of carbonyl (C=O) groups excluding carboxylic acids is 1. The Labute approximate surface area is 242 Å². The molecule has 40 heavy (non-hydrogen) atoms. The van der Waals surface area contributed by atoms with Gasteiger partial charge in [0.2, 0.25) is 15.2 Å². The average Bonchev–Trinajstić information content (AvgIpc) is 3.62. The zero-order chi connectivity index (χ0) is 28.3. The first kappa shape index (κ1) is 27.9. The minimum absolute atomic E-state index is 0.123. The normalized spacial score (nSPS) is 12.1. The van der Waals surface area contributed by atoms with Crippen LogP contribution < -0.4 is 5.01 Å². The summed E-state index contributed by atoms with van der Waals surface area (Å²) in [6.45, 7) is 5.96. The molecule has 0 bridgehead atoms. The zero-order valence-electron chi connectivity index (χ0n) is 22.3. The molecule has 0 aliphatic heterocycles. The van der Waals surface area contributed by atoms with Gasteiger partial charge in [-0.25, -0.2) is 13.4 Å². The van der Waals surface area contributed by atoms with E-state index in [-0.39, 0.29) is 17.5 Å². The van der Waals surface area contributed by atoms with Crippen LogP contribution in [0.2, 0.25) is 0 Å². The maximum atomic E-state index is 13.7. The topological polar surface area (TPSA) is 82.9 Å². The van der Waals surface area contributed by atoms with Gasteiger partial charge in [0.25, 0.3) is 5.91 Å². The number of nitrogens with zero attached hydrogens (tertiary/aromatic N) is 4. The van der Waals surface area contributed by atoms with Gasteiger partial charge in [0.05, 0.1) is 21.3 Å². The van der Waals surface area contributed by atoms with E-state index >= 15 is 0 Å². The third-order valence-corrected chi connectivity index (χ3v) is 10.1. The molecule has 0 N–H and O–H groups in total. The SMILES string of the molecule is Cc1ccc2nc(N(/N=C/c3cccs3)C(=O)c3ccc(S(=O)(=O)N(Cc4ccccc4)C(C)C)cc3)sc2c1. The molecule has 0 spiro atoms. The Bertz CT molecular complexity index is 1750. The number of rotatable bonds is 9. The van der Waals surface area contributed by atoms with Crippen LogP contribution >= 0.6 is 22.7 Å². The van der Waals surface area contributed by atoms with E-state index in [1.807, 2.05) is 86.8 Å². The van der Waals surface area contributed by atoms with E-state index in [0.717, 1.165) is 26.2 Å². The van der Waals surface area contributed by atoms with E-state index in [1.165, 1.54) is 56.3 Å². The Morgan fingerprint density at radius 1 is 1.00 bits per heavy atom. The minimum atomic E-state index is -3.80. The van der Waals surface area contributed by atoms with Crippen LogP contribution in [0.3, 0.4) is 0 Å². The summed E-state index contributed by atoms with van der Waals surface area (Å²) in [6.07, 6.45) is 1.63. The monoisotopic (exact) mass is 588 g/mol. The Morgan fingerprint density at radius 2 is 1.75 bits per heavy atom. The van der Waals surface area contributed by atoms with Crippen molar-refractivity contribution < 1.29 is 13.2 Å². The van der Waals surface area contributed by atoms with Crippen LogP contribution in [0.4, 0.5) is 5.13 Å². The molecule has 5 rings (SSSR count). The van der Waals surface area contributed by atoms with Gasteiger partial charge in [-0.2, -0.15) is 14.4 Å². The predicted molar refractivity (Wildman–Crippen MR) is 164 cm³/mol. The van der Waals surface area contributed by atoms with Crippen LogP contribution in [0.1, 0.15) is 40.2 Å². The molecule has 3 aromatic carbocycles. The first-order valence-corrected chi connectivity index (χ1v) is 15.8. The number of hydrazone groups is 1. The van der Waals surface area contributed by atoms with Crippen LogP contribution in [0, 0.1) is 6.92 Å². The Balaban J connectivity index is 1.45. The molecule has 5 aromatic rings. The lowest BCUT2D eigenvalue weighted by atomic mass is 10.2. The highest BCUT2D eigenvalue weighted by Crippen LogP contribution is 2.31. The second-order valence-electron chi connectivity index (χ2n) is 9.50. The van der Waals surface area contributed by atoms with E-state index in [0.29, 0.717) is 10.7 Å². The molecule has 0 saturated carbocycles. The van der Waals surface area contributed by atoms with Crippen molar-refractivity contribution in [1.82, 2.24) is 9.29 Å². The molecule has 0 radical (unpaired) electrons. The van der Waals surface area contributed by atoms with Gasteiger partial charge in [-0.15, -0.1) is 11.3 Å². The van der Waals surface area contributed by atoms with Gasteiger partial charge >= 0.3 is 0 Å². The highest BCUT2D eigenvalue weighted by molar-refractivity contribution is 7.89. The van der Waals surface area contributed by atoms with Gasteiger partial charge in [-0.1, -0.05) is 53.8 Å². The fourth-order valence-electron chi connectivity index (χ4n) is 4.11. The molecule has 7 nitrogen and oxygen atoms in total. The highest BCUT2D eigenvalue weighted by atomic mass is 32.2. The predicted octanol–water partition coefficient (Wildman–Crippen LogP) is 6.95. The van der Waals surface area contributed by atoms with Crippen LogP contribution in [0.5, 0.6) is 0 Å². The first-order chi connectivity index (χ1) is 19.2. The second kappa shape index (κ2) is 11.8. The largest absolute Gasteiger partial charge is 0.280 e. The number of thiazole rings is 1. The maximum absolute atomic E-state index is 13.7. The summed E-state index contributed by atoms with van der Waals surface area (Å²) in [7, 11) is -3.80. The number of amides is 1. The first-order valence-electron chi connectivity index (χ1n) is 12.7. The van der Waals surface area contributed by atoms with Crippen molar-refractivity contribution in [2.24, 2.45) is 5.10 Å². The Morgan fingerprint density at radius 3 is 2.42 bits per heavy atom. The number of aryl methyl sites for hydroxylation is 1. The summed E-state index contributed by atoms with van der Waals surface area (Å²) in [6, 6.07) is 25.0. The van der Waals surface area contributed by atoms with E-state index in [1.54, 1.807) is 6.21 Å². The number of hydrogen-bond acceptors (Lipinski definition) is 7. The summed E-state index contributed by atoms with van der Waals surface area (Å²) < 4.78 is 29.6. The standard InChI is InChI=1S/C30H28N4O3S3/c1-21(2)33(20-23-8-5-4-6-9-23)40(36,37)26-14-12-24(13-15-26)29(35)34(31-19-25-10-7-17-38-25)30-32-27-16-11-22(3)18-28(27)39-30/h4-19,21H,20H2,1-3H3/b31-19+. The van der Waals surface area contributed by atoms with E-state index < -0.39 is 15.9 Å². The molecule has 0 fully saturated rings. The van der Waals surface area contributed by atoms with Gasteiger partial charge in [-0.05, 0) is 79.7 Å². The van der Waals surface area contributed by atoms with Crippen molar-refractivity contribution in [3.05, 3.63) is 112 Å². The second-order valence-corrected chi connectivity index (χ2v) is 13.4. The lowest BCUT2D eigenvalue weighted by Gasteiger charge is -2.26. The number of carbonyl (C=O) groups is 1. The van der Waals surface area contributed by atoms with Crippen LogP contribution in [0.15, 0.2) is 100 Å². The average molecular weight is 589 g/mol. The summed E-state index contributed by atoms with van der Waals surface area (Å²) in [5.74, 6) is -0.405. The molecule has 0 aliphatic carbocycles. The molecule has 0 aliphatic rings. The number of aromatic nitrogens is 1. The summed E-state index contributed by atoms with van der Waals surface area (Å²) >= 11 is 2.89. The van der Waals surface area contributed by atoms with Crippen molar-refractivity contribution in [1.29, 1.82) is 0 Å². The van der Waals surface area contributed by atoms with Crippen molar-refractivity contribution in [3.8, 4) is 0 Å². The molecular formula is C30H28N4O3S3. The molecule has 1 amide bonds. The van der Waals surface area contributed by atoms with Crippen molar-refractivity contribution in [2.75, 3.05) is 5.01 Å². The van der Waals surface area contributed by atoms with Crippen LogP contribution in [-0.4, -0.2) is 35.9 Å². The summed E-state index contributed by atoms with van der Waals surface area (Å²) in [4.78, 5) is 19.4. The third-order valence-electron chi connectivity index (χ3n) is 6.21. The smallest absolute Gasteiger partial charge is 0.267 e. The van der Waals surface area contributed by atoms with Crippen LogP contribution in [0.25, 0.3) is 10.2 Å². The Hall–Kier alpha value is -3.70. The summed E-state index contributed by atoms with van der Waals surface area (Å²) in [5.41, 5.74) is 3.08. The minimum Gasteiger partial charge on any atom is -0.267 e. The number of benzene rings is 3. The number of fused-ring (bicyclic) bond motifs is 1. The lowest BCUT2D eigenvalue weighted by Crippen LogP contribution is -2.36. The van der Waals surface area contributed by atoms with E-state index in [9.17, 15) is 13.2 Å². The highest BCUT2D eigenvalue weighted by Gasteiger charge is 2.28. The number of anilines is 1. The van der Waals surface area contributed by atoms with Gasteiger partial charge in [-0.3, -0.25) is 4.79 Å². The zero-order valence-corrected chi connectivity index (χ0v) is 24.7. The van der Waals surface area contributed by atoms with E-state index in [4.69, 9.17) is 0 Å². The Kier molecular flexibility index (Phi) is 8.22. The van der Waals surface area contributed by atoms with Gasteiger partial charge in [0.1, 0.15) is 0 Å². The molecule has 204 valence electrons. The van der Waals surface area contributed by atoms with Gasteiger partial charge < -0.3 is 0 Å². The number of thiophene rings is 1. The number of hydrogen-bond donors (Lipinski definition) is 0. The molecule has 2 aromatic heterocycles. The lowest BCUT2D eigenvalue weighted by molar-refractivity contribution is 0.0987. The quantitative estimate of drug-likeness (QED) is 0.138. The van der Waals surface area contributed by atoms with Crippen molar-refractivity contribution in [3.63, 3.8) is 0 Å². The van der Waals surface area contributed by atoms with Crippen LogP contribution in [-0.2, 0) is 16.6 Å². The van der Waals surface area contributed by atoms with Crippen molar-refractivity contribution >= 4 is 60.2 Å². The fraction of sp³-hybridized carbons (Fsp3) is 0.167. The third kappa shape index (κ3) is 6.05. The van der Waals surface area contributed by atoms with Gasteiger partial charge in [0, 0.05) is 23.0 Å². The van der Waals surface area contributed by atoms with Crippen molar-refractivity contribution in [2.45, 2.75) is 38.3 Å².